The van der Waals surface area contributed by atoms with Gasteiger partial charge in [-0.25, -0.2) is 4.39 Å². The van der Waals surface area contributed by atoms with Crippen LogP contribution in [0.15, 0.2) is 18.2 Å². The largest absolute Gasteiger partial charge is 0.381 e. The molecule has 5 heteroatoms. The second kappa shape index (κ2) is 5.11. The smallest absolute Gasteiger partial charge is 0.143 e. The first kappa shape index (κ1) is 13.1. The molecular weight excluding hydrogens is 243 g/mol. The lowest BCUT2D eigenvalue weighted by molar-refractivity contribution is 0.624. The van der Waals surface area contributed by atoms with E-state index in [4.69, 9.17) is 5.26 Å². The van der Waals surface area contributed by atoms with Crippen molar-refractivity contribution < 1.29 is 4.39 Å². The third-order valence-electron chi connectivity index (χ3n) is 3.22. The number of nitriles is 1. The Hall–Kier alpha value is -2.35. The molecule has 0 saturated heterocycles. The van der Waals surface area contributed by atoms with Gasteiger partial charge in [0, 0.05) is 30.5 Å². The van der Waals surface area contributed by atoms with Crippen LogP contribution in [-0.2, 0) is 13.6 Å². The van der Waals surface area contributed by atoms with Gasteiger partial charge in [0.05, 0.1) is 11.3 Å². The van der Waals surface area contributed by atoms with Gasteiger partial charge in [-0.1, -0.05) is 0 Å². The van der Waals surface area contributed by atoms with Crippen molar-refractivity contribution in [2.24, 2.45) is 7.05 Å². The van der Waals surface area contributed by atoms with E-state index in [2.05, 4.69) is 10.4 Å². The zero-order chi connectivity index (χ0) is 14.0. The van der Waals surface area contributed by atoms with Crippen LogP contribution in [0.25, 0.3) is 0 Å². The number of anilines is 1. The van der Waals surface area contributed by atoms with Crippen LogP contribution in [0.1, 0.15) is 22.5 Å². The van der Waals surface area contributed by atoms with E-state index in [0.29, 0.717) is 12.2 Å². The maximum Gasteiger partial charge on any atom is 0.143 e. The lowest BCUT2D eigenvalue weighted by atomic mass is 10.1. The van der Waals surface area contributed by atoms with Gasteiger partial charge in [-0.05, 0) is 32.0 Å². The zero-order valence-corrected chi connectivity index (χ0v) is 11.2. The van der Waals surface area contributed by atoms with Gasteiger partial charge in [0.25, 0.3) is 0 Å². The second-order valence-electron chi connectivity index (χ2n) is 4.43. The minimum absolute atomic E-state index is 0.0549. The molecule has 0 bridgehead atoms. The minimum Gasteiger partial charge on any atom is -0.381 e. The molecule has 0 saturated carbocycles. The number of halogens is 1. The molecule has 0 amide bonds. The fourth-order valence-electron chi connectivity index (χ4n) is 1.98. The van der Waals surface area contributed by atoms with Crippen LogP contribution in [0, 0.1) is 31.0 Å². The average molecular weight is 258 g/mol. The van der Waals surface area contributed by atoms with Gasteiger partial charge in [0.2, 0.25) is 0 Å². The molecule has 2 aromatic rings. The predicted octanol–water partition coefficient (Wildman–Crippen LogP) is 2.66. The highest BCUT2D eigenvalue weighted by atomic mass is 19.1. The van der Waals surface area contributed by atoms with Gasteiger partial charge in [-0.2, -0.15) is 10.4 Å². The SMILES string of the molecule is Cc1nn(C)c(C)c1CNc1ccc(C#N)c(F)c1. The maximum absolute atomic E-state index is 13.5. The second-order valence-corrected chi connectivity index (χ2v) is 4.43. The number of aromatic nitrogens is 2. The molecule has 19 heavy (non-hydrogen) atoms. The van der Waals surface area contributed by atoms with Crippen molar-refractivity contribution in [3.8, 4) is 6.07 Å². The lowest BCUT2D eigenvalue weighted by Gasteiger charge is -2.07. The number of nitrogens with zero attached hydrogens (tertiary/aromatic N) is 3. The molecule has 0 radical (unpaired) electrons. The lowest BCUT2D eigenvalue weighted by Crippen LogP contribution is -2.03. The molecule has 0 spiro atoms. The summed E-state index contributed by atoms with van der Waals surface area (Å²) in [5, 5.41) is 16.1. The monoisotopic (exact) mass is 258 g/mol. The fourth-order valence-corrected chi connectivity index (χ4v) is 1.98. The maximum atomic E-state index is 13.5. The first-order chi connectivity index (χ1) is 9.02. The van der Waals surface area contributed by atoms with Crippen molar-refractivity contribution in [3.05, 3.63) is 46.5 Å². The summed E-state index contributed by atoms with van der Waals surface area (Å²) in [6.07, 6.45) is 0. The van der Waals surface area contributed by atoms with E-state index in [1.807, 2.05) is 25.6 Å². The van der Waals surface area contributed by atoms with E-state index in [1.54, 1.807) is 12.1 Å². The summed E-state index contributed by atoms with van der Waals surface area (Å²) in [4.78, 5) is 0. The van der Waals surface area contributed by atoms with Crippen LogP contribution in [0.5, 0.6) is 0 Å². The van der Waals surface area contributed by atoms with Crippen LogP contribution in [0.3, 0.4) is 0 Å². The van der Waals surface area contributed by atoms with Gasteiger partial charge in [0.1, 0.15) is 11.9 Å². The average Bonchev–Trinajstić information content (AvgIpc) is 2.61. The first-order valence-electron chi connectivity index (χ1n) is 5.95. The van der Waals surface area contributed by atoms with Gasteiger partial charge < -0.3 is 5.32 Å². The third kappa shape index (κ3) is 2.58. The topological polar surface area (TPSA) is 53.6 Å². The van der Waals surface area contributed by atoms with Crippen LogP contribution in [-0.4, -0.2) is 9.78 Å². The van der Waals surface area contributed by atoms with E-state index in [1.165, 1.54) is 12.1 Å². The highest BCUT2D eigenvalue weighted by molar-refractivity contribution is 5.48. The van der Waals surface area contributed by atoms with E-state index in [-0.39, 0.29) is 5.56 Å². The molecule has 0 unspecified atom stereocenters. The van der Waals surface area contributed by atoms with Gasteiger partial charge in [-0.15, -0.1) is 0 Å². The summed E-state index contributed by atoms with van der Waals surface area (Å²) in [5.74, 6) is -0.507. The highest BCUT2D eigenvalue weighted by Gasteiger charge is 2.09. The van der Waals surface area contributed by atoms with E-state index >= 15 is 0 Å². The molecule has 1 heterocycles. The molecule has 2 rings (SSSR count). The van der Waals surface area contributed by atoms with Gasteiger partial charge in [-0.3, -0.25) is 4.68 Å². The quantitative estimate of drug-likeness (QED) is 0.920. The van der Waals surface area contributed by atoms with Crippen LogP contribution < -0.4 is 5.32 Å². The van der Waals surface area contributed by atoms with E-state index < -0.39 is 5.82 Å². The first-order valence-corrected chi connectivity index (χ1v) is 5.95. The molecule has 0 aliphatic rings. The number of hydrogen-bond donors (Lipinski definition) is 1. The van der Waals surface area contributed by atoms with Crippen molar-refractivity contribution in [1.82, 2.24) is 9.78 Å². The Bertz CT molecular complexity index is 652. The molecule has 1 N–H and O–H groups in total. The van der Waals surface area contributed by atoms with E-state index in [9.17, 15) is 4.39 Å². The van der Waals surface area contributed by atoms with Crippen molar-refractivity contribution in [1.29, 1.82) is 5.26 Å². The predicted molar refractivity (Wildman–Crippen MR) is 71.1 cm³/mol. The molecule has 4 nitrogen and oxygen atoms in total. The fraction of sp³-hybridized carbons (Fsp3) is 0.286. The molecule has 1 aromatic carbocycles. The van der Waals surface area contributed by atoms with Crippen molar-refractivity contribution in [2.45, 2.75) is 20.4 Å². The summed E-state index contributed by atoms with van der Waals surface area (Å²) >= 11 is 0. The van der Waals surface area contributed by atoms with E-state index in [0.717, 1.165) is 17.0 Å². The Morgan fingerprint density at radius 3 is 2.68 bits per heavy atom. The van der Waals surface area contributed by atoms with Crippen LogP contribution in [0.2, 0.25) is 0 Å². The third-order valence-corrected chi connectivity index (χ3v) is 3.22. The normalized spacial score (nSPS) is 10.3. The molecular formula is C14H15FN4. The van der Waals surface area contributed by atoms with Crippen LogP contribution >= 0.6 is 0 Å². The standard InChI is InChI=1S/C14H15FN4/c1-9-13(10(2)19(3)18-9)8-17-12-5-4-11(7-16)14(15)6-12/h4-6,17H,8H2,1-3H3. The summed E-state index contributed by atoms with van der Waals surface area (Å²) < 4.78 is 15.3. The van der Waals surface area contributed by atoms with Crippen molar-refractivity contribution >= 4 is 5.69 Å². The van der Waals surface area contributed by atoms with Crippen molar-refractivity contribution in [2.75, 3.05) is 5.32 Å². The van der Waals surface area contributed by atoms with Crippen LogP contribution in [0.4, 0.5) is 10.1 Å². The molecule has 0 aliphatic carbocycles. The molecule has 98 valence electrons. The number of rotatable bonds is 3. The molecule has 0 aliphatic heterocycles. The number of hydrogen-bond acceptors (Lipinski definition) is 3. The Kier molecular flexibility index (Phi) is 3.52. The summed E-state index contributed by atoms with van der Waals surface area (Å²) in [7, 11) is 1.90. The van der Waals surface area contributed by atoms with Gasteiger partial charge in [0.15, 0.2) is 0 Å². The minimum atomic E-state index is -0.507. The Balaban J connectivity index is 2.15. The summed E-state index contributed by atoms with van der Waals surface area (Å²) in [6, 6.07) is 6.30. The number of nitrogens with one attached hydrogen (secondary N) is 1. The zero-order valence-electron chi connectivity index (χ0n) is 11.2. The molecule has 1 aromatic heterocycles. The van der Waals surface area contributed by atoms with Crippen molar-refractivity contribution in [3.63, 3.8) is 0 Å². The summed E-state index contributed by atoms with van der Waals surface area (Å²) in [6.45, 7) is 4.52. The Morgan fingerprint density at radius 1 is 1.42 bits per heavy atom. The summed E-state index contributed by atoms with van der Waals surface area (Å²) in [5.41, 5.74) is 3.85. The van der Waals surface area contributed by atoms with Gasteiger partial charge >= 0.3 is 0 Å². The molecule has 0 fully saturated rings. The highest BCUT2D eigenvalue weighted by Crippen LogP contribution is 2.17. The Labute approximate surface area is 111 Å². The Morgan fingerprint density at radius 2 is 2.16 bits per heavy atom. The molecule has 0 atom stereocenters. The number of benzene rings is 1. The number of aryl methyl sites for hydroxylation is 2.